The Morgan fingerprint density at radius 1 is 0.579 bits per heavy atom. The first-order valence-corrected chi connectivity index (χ1v) is 11.3. The second-order valence-corrected chi connectivity index (χ2v) is 10.4. The average Bonchev–Trinajstić information content (AvgIpc) is 2.42. The minimum Gasteiger partial charge on any atom is -0.420 e. The van der Waals surface area contributed by atoms with Gasteiger partial charge in [0.25, 0.3) is 0 Å². The van der Waals surface area contributed by atoms with Crippen molar-refractivity contribution in [2.24, 2.45) is 0 Å². The number of hydrogen-bond acceptors (Lipinski definition) is 1. The predicted octanol–water partition coefficient (Wildman–Crippen LogP) is 6.54. The molecular formula is C17H38OSi. The molecule has 0 aromatic rings. The van der Waals surface area contributed by atoms with Crippen LogP contribution in [0.15, 0.2) is 0 Å². The lowest BCUT2D eigenvalue weighted by Gasteiger charge is -2.29. The van der Waals surface area contributed by atoms with E-state index in [0.29, 0.717) is 0 Å². The molecule has 0 aromatic heterocycles. The molecule has 0 rings (SSSR count). The van der Waals surface area contributed by atoms with Gasteiger partial charge in [0.15, 0.2) is 8.32 Å². The molecular weight excluding hydrogens is 248 g/mol. The first-order chi connectivity index (χ1) is 9.24. The predicted molar refractivity (Wildman–Crippen MR) is 90.4 cm³/mol. The van der Waals surface area contributed by atoms with Gasteiger partial charge in [-0.05, 0) is 18.1 Å². The summed E-state index contributed by atoms with van der Waals surface area (Å²) in [6.07, 6.45) is 14.0. The van der Waals surface area contributed by atoms with Crippen molar-refractivity contribution in [2.45, 2.75) is 103 Å². The van der Waals surface area contributed by atoms with E-state index in [1.54, 1.807) is 0 Å². The fourth-order valence-corrected chi connectivity index (χ4v) is 7.25. The average molecular weight is 287 g/mol. The molecule has 19 heavy (non-hydrogen) atoms. The van der Waals surface area contributed by atoms with E-state index >= 15 is 0 Å². The summed E-state index contributed by atoms with van der Waals surface area (Å²) in [7, 11) is 0.624. The molecule has 0 radical (unpaired) electrons. The van der Waals surface area contributed by atoms with Gasteiger partial charge in [0, 0.05) is 7.11 Å². The molecule has 0 heterocycles. The molecule has 0 unspecified atom stereocenters. The van der Waals surface area contributed by atoms with Crippen LogP contribution in [0.4, 0.5) is 0 Å². The molecule has 0 amide bonds. The van der Waals surface area contributed by atoms with Gasteiger partial charge in [-0.3, -0.25) is 0 Å². The first-order valence-electron chi connectivity index (χ1n) is 8.79. The van der Waals surface area contributed by atoms with E-state index in [-0.39, 0.29) is 0 Å². The quantitative estimate of drug-likeness (QED) is 0.260. The van der Waals surface area contributed by atoms with Crippen molar-refractivity contribution < 1.29 is 4.43 Å². The van der Waals surface area contributed by atoms with Crippen molar-refractivity contribution in [3.63, 3.8) is 0 Å². The Labute approximate surface area is 123 Å². The molecule has 0 saturated heterocycles. The van der Waals surface area contributed by atoms with Crippen LogP contribution < -0.4 is 0 Å². The zero-order valence-corrected chi connectivity index (χ0v) is 15.1. The van der Waals surface area contributed by atoms with Crippen molar-refractivity contribution in [3.05, 3.63) is 0 Å². The van der Waals surface area contributed by atoms with Gasteiger partial charge in [-0.25, -0.2) is 0 Å². The van der Waals surface area contributed by atoms with E-state index in [1.807, 2.05) is 7.11 Å². The molecule has 0 spiro atoms. The molecule has 2 heteroatoms. The molecule has 1 nitrogen and oxygen atoms in total. The van der Waals surface area contributed by atoms with Gasteiger partial charge in [0.1, 0.15) is 0 Å². The number of unbranched alkanes of at least 4 members (excludes halogenated alkanes) is 7. The maximum Gasteiger partial charge on any atom is 0.192 e. The highest BCUT2D eigenvalue weighted by Crippen LogP contribution is 2.27. The second-order valence-electron chi connectivity index (χ2n) is 6.11. The molecule has 0 aliphatic carbocycles. The van der Waals surface area contributed by atoms with E-state index in [9.17, 15) is 0 Å². The van der Waals surface area contributed by atoms with Crippen LogP contribution in [0.25, 0.3) is 0 Å². The van der Waals surface area contributed by atoms with Crippen molar-refractivity contribution >= 4 is 8.32 Å². The van der Waals surface area contributed by atoms with Gasteiger partial charge in [-0.2, -0.15) is 0 Å². The summed E-state index contributed by atoms with van der Waals surface area (Å²) in [4.78, 5) is 0. The maximum atomic E-state index is 6.02. The van der Waals surface area contributed by atoms with Gasteiger partial charge in [0.05, 0.1) is 0 Å². The van der Waals surface area contributed by atoms with Crippen LogP contribution in [0.5, 0.6) is 0 Å². The van der Waals surface area contributed by atoms with E-state index < -0.39 is 8.32 Å². The second kappa shape index (κ2) is 13.2. The van der Waals surface area contributed by atoms with Gasteiger partial charge in [-0.15, -0.1) is 0 Å². The van der Waals surface area contributed by atoms with E-state index in [2.05, 4.69) is 20.8 Å². The lowest BCUT2D eigenvalue weighted by Crippen LogP contribution is -2.36. The van der Waals surface area contributed by atoms with E-state index in [1.165, 1.54) is 82.3 Å². The third-order valence-electron chi connectivity index (χ3n) is 4.33. The Morgan fingerprint density at radius 3 is 1.47 bits per heavy atom. The largest absolute Gasteiger partial charge is 0.420 e. The summed E-state index contributed by atoms with van der Waals surface area (Å²) < 4.78 is 6.02. The van der Waals surface area contributed by atoms with Crippen LogP contribution in [-0.4, -0.2) is 15.4 Å². The van der Waals surface area contributed by atoms with Crippen LogP contribution in [0.1, 0.15) is 85.0 Å². The Bertz CT molecular complexity index is 176. The Kier molecular flexibility index (Phi) is 13.3. The molecule has 0 aromatic carbocycles. The molecule has 0 aliphatic heterocycles. The highest BCUT2D eigenvalue weighted by molar-refractivity contribution is 6.73. The first kappa shape index (κ1) is 19.2. The summed E-state index contributed by atoms with van der Waals surface area (Å²) in [5.74, 6) is 0. The summed E-state index contributed by atoms with van der Waals surface area (Å²) in [5.41, 5.74) is 0. The van der Waals surface area contributed by atoms with Gasteiger partial charge in [-0.1, -0.05) is 85.0 Å². The van der Waals surface area contributed by atoms with E-state index in [0.717, 1.165) is 0 Å². The Hall–Kier alpha value is 0.177. The topological polar surface area (TPSA) is 9.23 Å². The minimum atomic E-state index is -1.35. The van der Waals surface area contributed by atoms with Crippen molar-refractivity contribution in [1.29, 1.82) is 0 Å². The van der Waals surface area contributed by atoms with Crippen LogP contribution in [-0.2, 0) is 4.43 Å². The van der Waals surface area contributed by atoms with E-state index in [4.69, 9.17) is 4.43 Å². The maximum absolute atomic E-state index is 6.02. The summed E-state index contributed by atoms with van der Waals surface area (Å²) >= 11 is 0. The highest BCUT2D eigenvalue weighted by atomic mass is 28.4. The highest BCUT2D eigenvalue weighted by Gasteiger charge is 2.30. The van der Waals surface area contributed by atoms with Gasteiger partial charge < -0.3 is 4.43 Å². The molecule has 0 N–H and O–H groups in total. The third-order valence-corrected chi connectivity index (χ3v) is 9.28. The van der Waals surface area contributed by atoms with Crippen molar-refractivity contribution in [2.75, 3.05) is 7.11 Å². The lowest BCUT2D eigenvalue weighted by atomic mass is 10.1. The Morgan fingerprint density at radius 2 is 1.05 bits per heavy atom. The smallest absolute Gasteiger partial charge is 0.192 e. The molecule has 0 atom stereocenters. The van der Waals surface area contributed by atoms with Crippen LogP contribution in [0.3, 0.4) is 0 Å². The van der Waals surface area contributed by atoms with Crippen LogP contribution >= 0.6 is 0 Å². The molecule has 0 aliphatic rings. The molecule has 0 fully saturated rings. The lowest BCUT2D eigenvalue weighted by molar-refractivity contribution is 0.384. The van der Waals surface area contributed by atoms with Gasteiger partial charge in [0.2, 0.25) is 0 Å². The fraction of sp³-hybridized carbons (Fsp3) is 1.00. The SMILES string of the molecule is CCCCCCCCCC[Si](CCC)(CCC)OC. The van der Waals surface area contributed by atoms with Crippen LogP contribution in [0, 0.1) is 0 Å². The molecule has 0 saturated carbocycles. The zero-order valence-electron chi connectivity index (χ0n) is 14.1. The zero-order chi connectivity index (χ0) is 14.4. The standard InChI is InChI=1S/C17H38OSi/c1-5-8-9-10-11-12-13-14-17-19(18-4,15-6-2)16-7-3/h5-17H2,1-4H3. The number of hydrogen-bond donors (Lipinski definition) is 0. The number of rotatable bonds is 14. The molecule has 116 valence electrons. The summed E-state index contributed by atoms with van der Waals surface area (Å²) in [6.45, 7) is 6.91. The van der Waals surface area contributed by atoms with Crippen LogP contribution in [0.2, 0.25) is 18.1 Å². The fourth-order valence-electron chi connectivity index (χ4n) is 3.17. The van der Waals surface area contributed by atoms with Crippen molar-refractivity contribution in [1.82, 2.24) is 0 Å². The minimum absolute atomic E-state index is 1.30. The summed E-state index contributed by atoms with van der Waals surface area (Å²) in [6, 6.07) is 4.14. The summed E-state index contributed by atoms with van der Waals surface area (Å²) in [5, 5.41) is 0. The van der Waals surface area contributed by atoms with Gasteiger partial charge >= 0.3 is 0 Å². The monoisotopic (exact) mass is 286 g/mol. The van der Waals surface area contributed by atoms with Crippen molar-refractivity contribution in [3.8, 4) is 0 Å². The Balaban J connectivity index is 3.68. The normalized spacial score (nSPS) is 12.0. The molecule has 0 bridgehead atoms. The third kappa shape index (κ3) is 9.67.